The molecule has 0 saturated carbocycles. The van der Waals surface area contributed by atoms with E-state index in [1.54, 1.807) is 0 Å². The average molecular weight is 252 g/mol. The second kappa shape index (κ2) is 7.87. The Hall–Kier alpha value is -1.36. The number of nitrogens with zero attached hydrogens (tertiary/aromatic N) is 2. The molecule has 1 aromatic heterocycles. The van der Waals surface area contributed by atoms with Gasteiger partial charge < -0.3 is 15.2 Å². The molecule has 1 heterocycles. The average Bonchev–Trinajstić information content (AvgIpc) is 2.37. The highest BCUT2D eigenvalue weighted by Crippen LogP contribution is 1.99. The van der Waals surface area contributed by atoms with Gasteiger partial charge in [0.1, 0.15) is 11.6 Å². The van der Waals surface area contributed by atoms with Gasteiger partial charge in [-0.3, -0.25) is 4.79 Å². The van der Waals surface area contributed by atoms with Crippen LogP contribution < -0.4 is 10.9 Å². The molecular weight excluding hydrogens is 228 g/mol. The number of H-pyrrole nitrogens is 1. The van der Waals surface area contributed by atoms with Crippen LogP contribution in [0.2, 0.25) is 0 Å². The van der Waals surface area contributed by atoms with Crippen molar-refractivity contribution in [3.8, 4) is 0 Å². The summed E-state index contributed by atoms with van der Waals surface area (Å²) in [5.41, 5.74) is -0.0924. The first-order chi connectivity index (χ1) is 8.69. The van der Waals surface area contributed by atoms with E-state index in [4.69, 9.17) is 0 Å². The highest BCUT2D eigenvalue weighted by Gasteiger charge is 2.02. The van der Waals surface area contributed by atoms with Crippen LogP contribution in [0.3, 0.4) is 0 Å². The number of hydrogen-bond acceptors (Lipinski definition) is 4. The van der Waals surface area contributed by atoms with Gasteiger partial charge in [0.05, 0.1) is 0 Å². The van der Waals surface area contributed by atoms with Gasteiger partial charge in [0.25, 0.3) is 5.56 Å². The number of nitrogens with one attached hydrogen (secondary N) is 2. The zero-order valence-corrected chi connectivity index (χ0v) is 11.6. The van der Waals surface area contributed by atoms with E-state index in [9.17, 15) is 4.79 Å². The molecule has 1 rings (SSSR count). The molecule has 102 valence electrons. The van der Waals surface area contributed by atoms with Crippen molar-refractivity contribution in [2.24, 2.45) is 0 Å². The van der Waals surface area contributed by atoms with Crippen molar-refractivity contribution in [1.29, 1.82) is 0 Å². The van der Waals surface area contributed by atoms with E-state index >= 15 is 0 Å². The van der Waals surface area contributed by atoms with Crippen LogP contribution in [0.4, 0.5) is 5.82 Å². The summed E-state index contributed by atoms with van der Waals surface area (Å²) in [5, 5.41) is 3.21. The molecule has 0 spiro atoms. The lowest BCUT2D eigenvalue weighted by Gasteiger charge is -2.19. The van der Waals surface area contributed by atoms with Crippen LogP contribution in [-0.4, -0.2) is 41.0 Å². The predicted octanol–water partition coefficient (Wildman–Crippen LogP) is 1.48. The molecule has 1 aromatic rings. The van der Waals surface area contributed by atoms with Gasteiger partial charge >= 0.3 is 0 Å². The van der Waals surface area contributed by atoms with Crippen LogP contribution in [0.15, 0.2) is 10.9 Å². The minimum atomic E-state index is -0.0924. The highest BCUT2D eigenvalue weighted by molar-refractivity contribution is 5.32. The van der Waals surface area contributed by atoms with E-state index in [0.29, 0.717) is 5.82 Å². The van der Waals surface area contributed by atoms with Crippen molar-refractivity contribution in [2.75, 3.05) is 31.5 Å². The standard InChI is InChI=1S/C13H24N4O/c1-4-8-17(6-3)9-7-14-12-10-13(18)16-11(5-2)15-12/h10H,4-9H2,1-3H3,(H2,14,15,16,18). The van der Waals surface area contributed by atoms with E-state index in [-0.39, 0.29) is 5.56 Å². The lowest BCUT2D eigenvalue weighted by atomic mass is 10.4. The summed E-state index contributed by atoms with van der Waals surface area (Å²) in [6, 6.07) is 1.51. The number of aromatic nitrogens is 2. The monoisotopic (exact) mass is 252 g/mol. The lowest BCUT2D eigenvalue weighted by Crippen LogP contribution is -2.30. The fourth-order valence-electron chi connectivity index (χ4n) is 1.85. The van der Waals surface area contributed by atoms with Gasteiger partial charge in [-0.2, -0.15) is 0 Å². The summed E-state index contributed by atoms with van der Waals surface area (Å²) in [7, 11) is 0. The molecule has 0 aliphatic heterocycles. The van der Waals surface area contributed by atoms with Gasteiger partial charge in [0, 0.05) is 25.6 Å². The number of hydrogen-bond donors (Lipinski definition) is 2. The molecule has 18 heavy (non-hydrogen) atoms. The molecule has 0 unspecified atom stereocenters. The number of aromatic amines is 1. The van der Waals surface area contributed by atoms with Crippen molar-refractivity contribution >= 4 is 5.82 Å². The van der Waals surface area contributed by atoms with Crippen molar-refractivity contribution in [2.45, 2.75) is 33.6 Å². The molecular formula is C13H24N4O. The Morgan fingerprint density at radius 1 is 1.33 bits per heavy atom. The normalized spacial score (nSPS) is 10.9. The third-order valence-electron chi connectivity index (χ3n) is 2.85. The predicted molar refractivity (Wildman–Crippen MR) is 75.1 cm³/mol. The molecule has 0 aromatic carbocycles. The summed E-state index contributed by atoms with van der Waals surface area (Å²) in [4.78, 5) is 20.8. The molecule has 5 nitrogen and oxygen atoms in total. The quantitative estimate of drug-likeness (QED) is 0.735. The zero-order valence-electron chi connectivity index (χ0n) is 11.6. The SMILES string of the molecule is CCCN(CC)CCNc1cc(=O)[nH]c(CC)n1. The van der Waals surface area contributed by atoms with E-state index in [0.717, 1.165) is 44.8 Å². The second-order valence-electron chi connectivity index (χ2n) is 4.29. The largest absolute Gasteiger partial charge is 0.369 e. The smallest absolute Gasteiger partial charge is 0.252 e. The van der Waals surface area contributed by atoms with Crippen molar-refractivity contribution in [3.05, 3.63) is 22.2 Å². The van der Waals surface area contributed by atoms with Gasteiger partial charge in [-0.15, -0.1) is 0 Å². The summed E-state index contributed by atoms with van der Waals surface area (Å²) >= 11 is 0. The van der Waals surface area contributed by atoms with Gasteiger partial charge in [-0.05, 0) is 19.5 Å². The Kier molecular flexibility index (Phi) is 6.43. The zero-order chi connectivity index (χ0) is 13.4. The maximum atomic E-state index is 11.4. The fraction of sp³-hybridized carbons (Fsp3) is 0.692. The first kappa shape index (κ1) is 14.7. The van der Waals surface area contributed by atoms with Crippen LogP contribution in [0.5, 0.6) is 0 Å². The molecule has 2 N–H and O–H groups in total. The molecule has 0 amide bonds. The molecule has 0 aliphatic rings. The van der Waals surface area contributed by atoms with E-state index in [1.807, 2.05) is 6.92 Å². The van der Waals surface area contributed by atoms with Crippen molar-refractivity contribution in [3.63, 3.8) is 0 Å². The van der Waals surface area contributed by atoms with Crippen LogP contribution in [0, 0.1) is 0 Å². The van der Waals surface area contributed by atoms with Crippen LogP contribution in [0.1, 0.15) is 33.0 Å². The van der Waals surface area contributed by atoms with Gasteiger partial charge in [0.15, 0.2) is 0 Å². The number of rotatable bonds is 8. The number of aryl methyl sites for hydroxylation is 1. The van der Waals surface area contributed by atoms with Gasteiger partial charge in [-0.25, -0.2) is 4.98 Å². The first-order valence-corrected chi connectivity index (χ1v) is 6.76. The van der Waals surface area contributed by atoms with Crippen LogP contribution in [0.25, 0.3) is 0 Å². The molecule has 0 fully saturated rings. The molecule has 0 aliphatic carbocycles. The molecule has 0 bridgehead atoms. The number of anilines is 1. The minimum Gasteiger partial charge on any atom is -0.369 e. The Balaban J connectivity index is 2.48. The maximum Gasteiger partial charge on any atom is 0.252 e. The first-order valence-electron chi connectivity index (χ1n) is 6.76. The topological polar surface area (TPSA) is 61.0 Å². The van der Waals surface area contributed by atoms with E-state index < -0.39 is 0 Å². The van der Waals surface area contributed by atoms with Gasteiger partial charge in [-0.1, -0.05) is 20.8 Å². The summed E-state index contributed by atoms with van der Waals surface area (Å²) in [5.74, 6) is 1.40. The Bertz CT molecular complexity index is 402. The Labute approximate surface area is 109 Å². The molecule has 0 radical (unpaired) electrons. The molecule has 0 atom stereocenters. The highest BCUT2D eigenvalue weighted by atomic mass is 16.1. The third kappa shape index (κ3) is 4.87. The Morgan fingerprint density at radius 2 is 2.11 bits per heavy atom. The number of likely N-dealkylation sites (N-methyl/N-ethyl adjacent to an activating group) is 1. The molecule has 0 saturated heterocycles. The van der Waals surface area contributed by atoms with Crippen molar-refractivity contribution < 1.29 is 0 Å². The second-order valence-corrected chi connectivity index (χ2v) is 4.29. The van der Waals surface area contributed by atoms with E-state index in [2.05, 4.69) is 34.0 Å². The summed E-state index contributed by atoms with van der Waals surface area (Å²) in [6.07, 6.45) is 1.90. The van der Waals surface area contributed by atoms with Crippen molar-refractivity contribution in [1.82, 2.24) is 14.9 Å². The summed E-state index contributed by atoms with van der Waals surface area (Å²) in [6.45, 7) is 10.3. The third-order valence-corrected chi connectivity index (χ3v) is 2.85. The van der Waals surface area contributed by atoms with Crippen LogP contribution in [-0.2, 0) is 6.42 Å². The van der Waals surface area contributed by atoms with E-state index in [1.165, 1.54) is 6.07 Å². The lowest BCUT2D eigenvalue weighted by molar-refractivity contribution is 0.300. The Morgan fingerprint density at radius 3 is 2.72 bits per heavy atom. The van der Waals surface area contributed by atoms with Gasteiger partial charge in [0.2, 0.25) is 0 Å². The molecule has 5 heteroatoms. The van der Waals surface area contributed by atoms with Crippen LogP contribution >= 0.6 is 0 Å². The maximum absolute atomic E-state index is 11.4. The fourth-order valence-corrected chi connectivity index (χ4v) is 1.85. The minimum absolute atomic E-state index is 0.0924. The summed E-state index contributed by atoms with van der Waals surface area (Å²) < 4.78 is 0.